The number of rotatable bonds is 3. The lowest BCUT2D eigenvalue weighted by molar-refractivity contribution is 0.0617. The second-order valence-corrected chi connectivity index (χ2v) is 8.49. The summed E-state index contributed by atoms with van der Waals surface area (Å²) in [5.41, 5.74) is 1.11. The van der Waals surface area contributed by atoms with Crippen molar-refractivity contribution < 1.29 is 9.59 Å². The van der Waals surface area contributed by atoms with E-state index < -0.39 is 0 Å². The van der Waals surface area contributed by atoms with E-state index in [9.17, 15) is 9.59 Å². The standard InChI is InChI=1S/C19H22N4O2S/c24-18(21-16-10-22-6-2-12(16)3-7-22)15-8-13-14(11-26-17(13)9-20-15)19(25)23-4-1-5-23/h8-9,11-12,16H,1-7,10H2,(H,21,24)/t16-/m0/s1. The minimum Gasteiger partial charge on any atom is -0.346 e. The van der Waals surface area contributed by atoms with E-state index in [4.69, 9.17) is 0 Å². The molecule has 26 heavy (non-hydrogen) atoms. The Morgan fingerprint density at radius 3 is 2.65 bits per heavy atom. The van der Waals surface area contributed by atoms with Crippen molar-refractivity contribution in [2.24, 2.45) is 5.92 Å². The highest BCUT2D eigenvalue weighted by molar-refractivity contribution is 7.17. The fourth-order valence-electron chi connectivity index (χ4n) is 4.28. The van der Waals surface area contributed by atoms with Gasteiger partial charge in [-0.3, -0.25) is 9.59 Å². The summed E-state index contributed by atoms with van der Waals surface area (Å²) in [7, 11) is 0. The van der Waals surface area contributed by atoms with Crippen molar-refractivity contribution in [2.75, 3.05) is 32.7 Å². The average Bonchev–Trinajstić information content (AvgIpc) is 3.04. The van der Waals surface area contributed by atoms with Gasteiger partial charge in [0.2, 0.25) is 0 Å². The van der Waals surface area contributed by atoms with Gasteiger partial charge in [0.25, 0.3) is 11.8 Å². The number of likely N-dealkylation sites (tertiary alicyclic amines) is 1. The zero-order valence-electron chi connectivity index (χ0n) is 14.6. The minimum absolute atomic E-state index is 0.0671. The minimum atomic E-state index is -0.126. The van der Waals surface area contributed by atoms with Crippen molar-refractivity contribution in [3.05, 3.63) is 28.9 Å². The first kappa shape index (κ1) is 16.2. The van der Waals surface area contributed by atoms with Gasteiger partial charge >= 0.3 is 0 Å². The number of aromatic nitrogens is 1. The molecule has 0 aromatic carbocycles. The number of fused-ring (bicyclic) bond motifs is 4. The summed E-state index contributed by atoms with van der Waals surface area (Å²) in [6.07, 6.45) is 5.12. The van der Waals surface area contributed by atoms with Gasteiger partial charge in [-0.15, -0.1) is 11.3 Å². The van der Waals surface area contributed by atoms with Crippen LogP contribution in [0.4, 0.5) is 0 Å². The van der Waals surface area contributed by atoms with Gasteiger partial charge in [0.1, 0.15) is 5.69 Å². The molecule has 4 fully saturated rings. The van der Waals surface area contributed by atoms with E-state index in [1.54, 1.807) is 12.3 Å². The van der Waals surface area contributed by atoms with Crippen molar-refractivity contribution >= 4 is 33.2 Å². The summed E-state index contributed by atoms with van der Waals surface area (Å²) in [5, 5.41) is 5.92. The Morgan fingerprint density at radius 1 is 1.19 bits per heavy atom. The molecule has 2 bridgehead atoms. The number of nitrogens with one attached hydrogen (secondary N) is 1. The van der Waals surface area contributed by atoms with Gasteiger partial charge in [-0.05, 0) is 44.3 Å². The van der Waals surface area contributed by atoms with Crippen LogP contribution in [-0.4, -0.2) is 65.4 Å². The molecular weight excluding hydrogens is 348 g/mol. The molecule has 0 saturated carbocycles. The van der Waals surface area contributed by atoms with Crippen LogP contribution in [0.5, 0.6) is 0 Å². The molecule has 6 rings (SSSR count). The molecule has 4 aliphatic rings. The van der Waals surface area contributed by atoms with Gasteiger partial charge < -0.3 is 15.1 Å². The van der Waals surface area contributed by atoms with Crippen molar-refractivity contribution in [1.29, 1.82) is 0 Å². The number of carbonyl (C=O) groups is 2. The van der Waals surface area contributed by atoms with Crippen LogP contribution in [-0.2, 0) is 0 Å². The van der Waals surface area contributed by atoms with Gasteiger partial charge in [-0.25, -0.2) is 4.98 Å². The zero-order valence-corrected chi connectivity index (χ0v) is 15.4. The highest BCUT2D eigenvalue weighted by Crippen LogP contribution is 2.29. The molecule has 0 aliphatic carbocycles. The highest BCUT2D eigenvalue weighted by Gasteiger charge is 2.35. The maximum Gasteiger partial charge on any atom is 0.270 e. The van der Waals surface area contributed by atoms with E-state index in [1.807, 2.05) is 10.3 Å². The number of carbonyl (C=O) groups excluding carboxylic acids is 2. The van der Waals surface area contributed by atoms with Crippen LogP contribution in [0.25, 0.3) is 10.1 Å². The van der Waals surface area contributed by atoms with E-state index in [0.29, 0.717) is 17.2 Å². The van der Waals surface area contributed by atoms with E-state index in [0.717, 1.165) is 62.1 Å². The number of pyridine rings is 1. The van der Waals surface area contributed by atoms with E-state index in [1.165, 1.54) is 11.3 Å². The molecule has 7 heteroatoms. The molecule has 2 aromatic rings. The van der Waals surface area contributed by atoms with Crippen LogP contribution in [0.1, 0.15) is 40.1 Å². The molecule has 6 heterocycles. The molecule has 0 unspecified atom stereocenters. The largest absolute Gasteiger partial charge is 0.346 e. The summed E-state index contributed by atoms with van der Waals surface area (Å²) in [6.45, 7) is 4.90. The second kappa shape index (κ2) is 6.32. The average molecular weight is 370 g/mol. The summed E-state index contributed by atoms with van der Waals surface area (Å²) in [5.74, 6) is 0.522. The lowest BCUT2D eigenvalue weighted by Gasteiger charge is -2.44. The van der Waals surface area contributed by atoms with Crippen LogP contribution in [0, 0.1) is 5.92 Å². The Labute approximate surface area is 156 Å². The molecule has 0 spiro atoms. The Hall–Kier alpha value is -1.99. The normalized spacial score (nSPS) is 27.4. The fraction of sp³-hybridized carbons (Fsp3) is 0.526. The molecule has 2 aromatic heterocycles. The van der Waals surface area contributed by atoms with Crippen molar-refractivity contribution in [3.8, 4) is 0 Å². The second-order valence-electron chi connectivity index (χ2n) is 7.58. The van der Waals surface area contributed by atoms with E-state index in [2.05, 4.69) is 15.2 Å². The zero-order chi connectivity index (χ0) is 17.7. The number of hydrogen-bond acceptors (Lipinski definition) is 5. The number of hydrogen-bond donors (Lipinski definition) is 1. The third kappa shape index (κ3) is 2.70. The first-order valence-electron chi connectivity index (χ1n) is 9.39. The first-order chi connectivity index (χ1) is 12.7. The van der Waals surface area contributed by atoms with Gasteiger partial charge in [-0.1, -0.05) is 0 Å². The third-order valence-electron chi connectivity index (χ3n) is 6.04. The SMILES string of the molecule is O=C(N[C@H]1CN2CCC1CC2)c1cc2c(C(=O)N3CCC3)csc2cn1. The summed E-state index contributed by atoms with van der Waals surface area (Å²) in [4.78, 5) is 34.0. The predicted octanol–water partition coefficient (Wildman–Crippen LogP) is 1.97. The molecule has 0 radical (unpaired) electrons. The van der Waals surface area contributed by atoms with Crippen molar-refractivity contribution in [1.82, 2.24) is 20.1 Å². The maximum atomic E-state index is 12.8. The maximum absolute atomic E-state index is 12.8. The van der Waals surface area contributed by atoms with Crippen molar-refractivity contribution in [2.45, 2.75) is 25.3 Å². The topological polar surface area (TPSA) is 65.5 Å². The highest BCUT2D eigenvalue weighted by atomic mass is 32.1. The molecule has 2 amide bonds. The van der Waals surface area contributed by atoms with Crippen LogP contribution in [0.15, 0.2) is 17.6 Å². The van der Waals surface area contributed by atoms with E-state index >= 15 is 0 Å². The monoisotopic (exact) mass is 370 g/mol. The van der Waals surface area contributed by atoms with Crippen LogP contribution >= 0.6 is 11.3 Å². The van der Waals surface area contributed by atoms with Crippen LogP contribution in [0.2, 0.25) is 0 Å². The van der Waals surface area contributed by atoms with Crippen LogP contribution < -0.4 is 5.32 Å². The quantitative estimate of drug-likeness (QED) is 0.897. The number of thiophene rings is 1. The Kier molecular flexibility index (Phi) is 3.94. The molecule has 1 atom stereocenters. The van der Waals surface area contributed by atoms with Gasteiger partial charge in [-0.2, -0.15) is 0 Å². The summed E-state index contributed by atoms with van der Waals surface area (Å²) >= 11 is 1.51. The van der Waals surface area contributed by atoms with Crippen molar-refractivity contribution in [3.63, 3.8) is 0 Å². The predicted molar refractivity (Wildman–Crippen MR) is 101 cm³/mol. The molecule has 6 nitrogen and oxygen atoms in total. The van der Waals surface area contributed by atoms with Gasteiger partial charge in [0.15, 0.2) is 0 Å². The molecule has 4 saturated heterocycles. The third-order valence-corrected chi connectivity index (χ3v) is 6.97. The lowest BCUT2D eigenvalue weighted by atomic mass is 9.84. The molecular formula is C19H22N4O2S. The number of piperidine rings is 3. The smallest absolute Gasteiger partial charge is 0.270 e. The van der Waals surface area contributed by atoms with Crippen LogP contribution in [0.3, 0.4) is 0 Å². The fourth-order valence-corrected chi connectivity index (χ4v) is 5.17. The molecule has 1 N–H and O–H groups in total. The summed E-state index contributed by atoms with van der Waals surface area (Å²) in [6, 6.07) is 2.00. The Bertz CT molecular complexity index is 868. The van der Waals surface area contributed by atoms with Gasteiger partial charge in [0, 0.05) is 42.6 Å². The first-order valence-corrected chi connectivity index (χ1v) is 10.3. The van der Waals surface area contributed by atoms with E-state index in [-0.39, 0.29) is 17.9 Å². The molecule has 136 valence electrons. The summed E-state index contributed by atoms with van der Waals surface area (Å²) < 4.78 is 0.952. The Morgan fingerprint density at radius 2 is 2.00 bits per heavy atom. The number of amides is 2. The molecule has 4 aliphatic heterocycles. The number of nitrogens with zero attached hydrogens (tertiary/aromatic N) is 3. The van der Waals surface area contributed by atoms with Gasteiger partial charge in [0.05, 0.1) is 10.3 Å². The lowest BCUT2D eigenvalue weighted by Crippen LogP contribution is -2.57. The Balaban J connectivity index is 1.38.